The molecule has 5 N–H and O–H groups in total. The van der Waals surface area contributed by atoms with Gasteiger partial charge < -0.3 is 26.4 Å². The van der Waals surface area contributed by atoms with Gasteiger partial charge in [0.2, 0.25) is 0 Å². The van der Waals surface area contributed by atoms with E-state index in [0.29, 0.717) is 17.8 Å². The van der Waals surface area contributed by atoms with Gasteiger partial charge in [-0.25, -0.2) is 4.79 Å². The highest BCUT2D eigenvalue weighted by molar-refractivity contribution is 5.95. The third-order valence-electron chi connectivity index (χ3n) is 5.65. The maximum atomic E-state index is 12.4. The van der Waals surface area contributed by atoms with Crippen molar-refractivity contribution in [1.82, 2.24) is 20.6 Å². The van der Waals surface area contributed by atoms with E-state index in [4.69, 9.17) is 10.5 Å². The van der Waals surface area contributed by atoms with Crippen molar-refractivity contribution in [3.63, 3.8) is 0 Å². The van der Waals surface area contributed by atoms with Crippen LogP contribution in [-0.2, 0) is 6.54 Å². The predicted octanol–water partition coefficient (Wildman–Crippen LogP) is 5.00. The van der Waals surface area contributed by atoms with Gasteiger partial charge in [-0.1, -0.05) is 24.3 Å². The normalized spacial score (nSPS) is 11.7. The number of ether oxygens (including phenoxy) is 1. The minimum atomic E-state index is -0.327. The van der Waals surface area contributed by atoms with Crippen molar-refractivity contribution in [3.05, 3.63) is 120 Å². The monoisotopic (exact) mass is 526 g/mol. The van der Waals surface area contributed by atoms with Crippen molar-refractivity contribution in [3.8, 4) is 5.75 Å². The fourth-order valence-electron chi connectivity index (χ4n) is 3.44. The molecule has 2 aromatic heterocycles. The second kappa shape index (κ2) is 14.8. The van der Waals surface area contributed by atoms with E-state index in [0.717, 1.165) is 22.7 Å². The molecule has 39 heavy (non-hydrogen) atoms. The first-order chi connectivity index (χ1) is 18.9. The van der Waals surface area contributed by atoms with Gasteiger partial charge in [-0.15, -0.1) is 0 Å². The van der Waals surface area contributed by atoms with Crippen LogP contribution in [0.1, 0.15) is 53.2 Å². The molecule has 2 atom stereocenters. The minimum Gasteiger partial charge on any atom is -0.497 e. The SMILES string of the molecule is CC(N)c1ccccn1.COc1ccc(CNC(=O)Nc2ccc(C(=O)NC(C)c3ccccn3)cc2)cc1. The molecule has 9 nitrogen and oxygen atoms in total. The van der Waals surface area contributed by atoms with Crippen LogP contribution in [0.15, 0.2) is 97.3 Å². The molecule has 0 bridgehead atoms. The molecule has 2 heterocycles. The second-order valence-electron chi connectivity index (χ2n) is 8.73. The number of nitrogens with zero attached hydrogens (tertiary/aromatic N) is 2. The molecule has 0 aliphatic carbocycles. The molecule has 0 radical (unpaired) electrons. The van der Waals surface area contributed by atoms with Crippen LogP contribution in [0, 0.1) is 0 Å². The van der Waals surface area contributed by atoms with Gasteiger partial charge in [0.1, 0.15) is 5.75 Å². The van der Waals surface area contributed by atoms with Gasteiger partial charge in [0.25, 0.3) is 5.91 Å². The van der Waals surface area contributed by atoms with E-state index in [9.17, 15) is 9.59 Å². The highest BCUT2D eigenvalue weighted by Crippen LogP contribution is 2.14. The predicted molar refractivity (Wildman–Crippen MR) is 152 cm³/mol. The number of benzene rings is 2. The van der Waals surface area contributed by atoms with Crippen LogP contribution >= 0.6 is 0 Å². The summed E-state index contributed by atoms with van der Waals surface area (Å²) in [7, 11) is 1.61. The van der Waals surface area contributed by atoms with Gasteiger partial charge in [-0.3, -0.25) is 14.8 Å². The average molecular weight is 527 g/mol. The molecule has 4 aromatic rings. The molecule has 0 saturated heterocycles. The Morgan fingerprint density at radius 3 is 1.97 bits per heavy atom. The molecule has 0 aliphatic heterocycles. The summed E-state index contributed by atoms with van der Waals surface area (Å²) in [5.74, 6) is 0.561. The van der Waals surface area contributed by atoms with Gasteiger partial charge in [0.05, 0.1) is 24.5 Å². The number of hydrogen-bond acceptors (Lipinski definition) is 6. The number of anilines is 1. The molecule has 0 aliphatic rings. The zero-order chi connectivity index (χ0) is 28.0. The molecule has 3 amide bonds. The van der Waals surface area contributed by atoms with Crippen LogP contribution in [0.25, 0.3) is 0 Å². The van der Waals surface area contributed by atoms with Gasteiger partial charge in [0, 0.05) is 36.2 Å². The molecular formula is C30H34N6O3. The Morgan fingerprint density at radius 1 is 0.846 bits per heavy atom. The smallest absolute Gasteiger partial charge is 0.319 e. The van der Waals surface area contributed by atoms with E-state index >= 15 is 0 Å². The Bertz CT molecular complexity index is 1300. The molecule has 0 fully saturated rings. The Labute approximate surface area is 228 Å². The fourth-order valence-corrected chi connectivity index (χ4v) is 3.44. The quantitative estimate of drug-likeness (QED) is 0.255. The van der Waals surface area contributed by atoms with E-state index in [1.165, 1.54) is 0 Å². The summed E-state index contributed by atoms with van der Waals surface area (Å²) < 4.78 is 5.11. The molecule has 9 heteroatoms. The Hall–Kier alpha value is -4.76. The van der Waals surface area contributed by atoms with Crippen LogP contribution in [-0.4, -0.2) is 29.0 Å². The molecular weight excluding hydrogens is 492 g/mol. The Kier molecular flexibility index (Phi) is 11.0. The molecule has 0 saturated carbocycles. The zero-order valence-corrected chi connectivity index (χ0v) is 22.3. The number of nitrogens with one attached hydrogen (secondary N) is 3. The summed E-state index contributed by atoms with van der Waals surface area (Å²) in [5, 5.41) is 8.45. The van der Waals surface area contributed by atoms with E-state index < -0.39 is 0 Å². The van der Waals surface area contributed by atoms with Crippen molar-refractivity contribution in [2.75, 3.05) is 12.4 Å². The van der Waals surface area contributed by atoms with Crippen LogP contribution < -0.4 is 26.4 Å². The third-order valence-corrected chi connectivity index (χ3v) is 5.65. The van der Waals surface area contributed by atoms with Crippen molar-refractivity contribution in [2.24, 2.45) is 5.73 Å². The Morgan fingerprint density at radius 2 is 1.46 bits per heavy atom. The third kappa shape index (κ3) is 9.56. The van der Waals surface area contributed by atoms with E-state index in [1.54, 1.807) is 43.8 Å². The minimum absolute atomic E-state index is 0.0474. The van der Waals surface area contributed by atoms with Crippen molar-refractivity contribution in [1.29, 1.82) is 0 Å². The molecule has 0 spiro atoms. The number of aromatic nitrogens is 2. The number of amides is 3. The number of urea groups is 1. The highest BCUT2D eigenvalue weighted by atomic mass is 16.5. The first-order valence-electron chi connectivity index (χ1n) is 12.5. The lowest BCUT2D eigenvalue weighted by molar-refractivity contribution is 0.0939. The number of rotatable bonds is 8. The first-order valence-corrected chi connectivity index (χ1v) is 12.5. The number of pyridine rings is 2. The lowest BCUT2D eigenvalue weighted by Gasteiger charge is -2.13. The second-order valence-corrected chi connectivity index (χ2v) is 8.73. The van der Waals surface area contributed by atoms with Crippen LogP contribution in [0.3, 0.4) is 0 Å². The van der Waals surface area contributed by atoms with E-state index in [2.05, 4.69) is 25.9 Å². The van der Waals surface area contributed by atoms with Gasteiger partial charge >= 0.3 is 6.03 Å². The molecule has 2 aromatic carbocycles. The summed E-state index contributed by atoms with van der Waals surface area (Å²) in [6, 6.07) is 25.0. The lowest BCUT2D eigenvalue weighted by Crippen LogP contribution is -2.28. The van der Waals surface area contributed by atoms with Crippen LogP contribution in [0.4, 0.5) is 10.5 Å². The first kappa shape index (κ1) is 28.8. The van der Waals surface area contributed by atoms with Crippen molar-refractivity contribution >= 4 is 17.6 Å². The topological polar surface area (TPSA) is 131 Å². The number of hydrogen-bond donors (Lipinski definition) is 4. The number of nitrogens with two attached hydrogens (primary N) is 1. The number of carbonyl (C=O) groups is 2. The van der Waals surface area contributed by atoms with Crippen LogP contribution in [0.2, 0.25) is 0 Å². The van der Waals surface area contributed by atoms with Gasteiger partial charge in [-0.2, -0.15) is 0 Å². The summed E-state index contributed by atoms with van der Waals surface area (Å²) in [4.78, 5) is 32.8. The Balaban J connectivity index is 0.000000395. The van der Waals surface area contributed by atoms with E-state index in [-0.39, 0.29) is 24.0 Å². The van der Waals surface area contributed by atoms with Crippen molar-refractivity contribution in [2.45, 2.75) is 32.5 Å². The summed E-state index contributed by atoms with van der Waals surface area (Å²) >= 11 is 0. The maximum Gasteiger partial charge on any atom is 0.319 e. The fraction of sp³-hybridized carbons (Fsp3) is 0.200. The van der Waals surface area contributed by atoms with Crippen LogP contribution in [0.5, 0.6) is 5.75 Å². The highest BCUT2D eigenvalue weighted by Gasteiger charge is 2.12. The van der Waals surface area contributed by atoms with E-state index in [1.807, 2.05) is 74.5 Å². The number of carbonyl (C=O) groups excluding carboxylic acids is 2. The van der Waals surface area contributed by atoms with Gasteiger partial charge in [-0.05, 0) is 80.1 Å². The van der Waals surface area contributed by atoms with Gasteiger partial charge in [0.15, 0.2) is 0 Å². The summed E-state index contributed by atoms with van der Waals surface area (Å²) in [6.07, 6.45) is 3.44. The largest absolute Gasteiger partial charge is 0.497 e. The summed E-state index contributed by atoms with van der Waals surface area (Å²) in [6.45, 7) is 4.19. The maximum absolute atomic E-state index is 12.4. The molecule has 4 rings (SSSR count). The molecule has 2 unspecified atom stereocenters. The number of methoxy groups -OCH3 is 1. The zero-order valence-electron chi connectivity index (χ0n) is 22.3. The average Bonchev–Trinajstić information content (AvgIpc) is 2.98. The molecule has 202 valence electrons. The summed E-state index contributed by atoms with van der Waals surface area (Å²) in [5.41, 5.74) is 9.34. The standard InChI is InChI=1S/C23H24N4O3.C7H10N2/c1-16(21-5-3-4-14-24-21)26-22(28)18-8-10-19(11-9-18)27-23(29)25-15-17-6-12-20(30-2)13-7-17;1-6(8)7-4-2-3-5-9-7/h3-14,16H,15H2,1-2H3,(H,26,28)(H2,25,27,29);2-6H,8H2,1H3. The van der Waals surface area contributed by atoms with Crippen molar-refractivity contribution < 1.29 is 14.3 Å². The lowest BCUT2D eigenvalue weighted by atomic mass is 10.1.